The molecule has 1 heterocycles. The first-order chi connectivity index (χ1) is 11.1. The molecule has 3 amide bonds. The van der Waals surface area contributed by atoms with Crippen LogP contribution in [0.3, 0.4) is 0 Å². The SMILES string of the molecule is NC(=O)Nc1ccc(CNC(=O)c2cc3ccccc3o2)cc1. The molecule has 0 aliphatic rings. The number of anilines is 1. The van der Waals surface area contributed by atoms with Gasteiger partial charge in [0.05, 0.1) is 0 Å². The number of nitrogens with one attached hydrogen (secondary N) is 2. The van der Waals surface area contributed by atoms with Crippen LogP contribution in [-0.2, 0) is 6.54 Å². The first-order valence-corrected chi connectivity index (χ1v) is 7.04. The normalized spacial score (nSPS) is 10.4. The molecule has 6 nitrogen and oxygen atoms in total. The van der Waals surface area contributed by atoms with E-state index in [0.29, 0.717) is 17.8 Å². The van der Waals surface area contributed by atoms with Gasteiger partial charge in [0.1, 0.15) is 5.58 Å². The van der Waals surface area contributed by atoms with Gasteiger partial charge in [0.25, 0.3) is 5.91 Å². The largest absolute Gasteiger partial charge is 0.451 e. The summed E-state index contributed by atoms with van der Waals surface area (Å²) in [5.74, 6) is -0.00115. The van der Waals surface area contributed by atoms with Crippen molar-refractivity contribution in [3.05, 3.63) is 65.9 Å². The lowest BCUT2D eigenvalue weighted by Gasteiger charge is -2.05. The molecule has 3 rings (SSSR count). The van der Waals surface area contributed by atoms with Gasteiger partial charge in [-0.1, -0.05) is 30.3 Å². The average molecular weight is 309 g/mol. The van der Waals surface area contributed by atoms with E-state index in [0.717, 1.165) is 10.9 Å². The molecule has 4 N–H and O–H groups in total. The highest BCUT2D eigenvalue weighted by Crippen LogP contribution is 2.18. The molecular formula is C17H15N3O3. The van der Waals surface area contributed by atoms with Crippen LogP contribution in [0, 0.1) is 0 Å². The van der Waals surface area contributed by atoms with Crippen molar-refractivity contribution in [1.29, 1.82) is 0 Å². The molecule has 0 unspecified atom stereocenters. The summed E-state index contributed by atoms with van der Waals surface area (Å²) in [4.78, 5) is 22.9. The van der Waals surface area contributed by atoms with Crippen LogP contribution >= 0.6 is 0 Å². The molecule has 0 aliphatic heterocycles. The molecule has 0 fully saturated rings. The molecule has 3 aromatic rings. The Morgan fingerprint density at radius 1 is 1.04 bits per heavy atom. The number of para-hydroxylation sites is 1. The van der Waals surface area contributed by atoms with Gasteiger partial charge in [-0.05, 0) is 29.8 Å². The molecule has 0 atom stereocenters. The number of nitrogens with two attached hydrogens (primary N) is 1. The zero-order chi connectivity index (χ0) is 16.2. The minimum atomic E-state index is -0.615. The number of hydrogen-bond acceptors (Lipinski definition) is 3. The fourth-order valence-electron chi connectivity index (χ4n) is 2.21. The highest BCUT2D eigenvalue weighted by molar-refractivity contribution is 5.96. The molecule has 1 aromatic heterocycles. The number of amides is 3. The summed E-state index contributed by atoms with van der Waals surface area (Å²) in [6, 6.07) is 15.6. The number of fused-ring (bicyclic) bond motifs is 1. The lowest BCUT2D eigenvalue weighted by atomic mass is 10.2. The summed E-state index contributed by atoms with van der Waals surface area (Å²) in [5, 5.41) is 6.15. The van der Waals surface area contributed by atoms with E-state index in [1.807, 2.05) is 24.3 Å². The van der Waals surface area contributed by atoms with Crippen LogP contribution in [0.4, 0.5) is 10.5 Å². The third-order valence-electron chi connectivity index (χ3n) is 3.32. The Morgan fingerprint density at radius 3 is 2.48 bits per heavy atom. The van der Waals surface area contributed by atoms with Crippen molar-refractivity contribution in [3.63, 3.8) is 0 Å². The Bertz CT molecular complexity index is 820. The Hall–Kier alpha value is -3.28. The molecular weight excluding hydrogens is 294 g/mol. The molecule has 0 aliphatic carbocycles. The maximum atomic E-state index is 12.1. The summed E-state index contributed by atoms with van der Waals surface area (Å²) < 4.78 is 5.51. The Balaban J connectivity index is 1.63. The Morgan fingerprint density at radius 2 is 1.78 bits per heavy atom. The average Bonchev–Trinajstić information content (AvgIpc) is 2.97. The van der Waals surface area contributed by atoms with Gasteiger partial charge in [0.2, 0.25) is 0 Å². The zero-order valence-electron chi connectivity index (χ0n) is 12.2. The third kappa shape index (κ3) is 3.49. The Kier molecular flexibility index (Phi) is 3.97. The molecule has 0 spiro atoms. The second kappa shape index (κ2) is 6.23. The van der Waals surface area contributed by atoms with Crippen LogP contribution in [0.1, 0.15) is 16.1 Å². The van der Waals surface area contributed by atoms with Crippen LogP contribution in [0.15, 0.2) is 59.0 Å². The maximum Gasteiger partial charge on any atom is 0.316 e. The van der Waals surface area contributed by atoms with Gasteiger partial charge in [-0.2, -0.15) is 0 Å². The van der Waals surface area contributed by atoms with Crippen molar-refractivity contribution in [1.82, 2.24) is 5.32 Å². The molecule has 6 heteroatoms. The van der Waals surface area contributed by atoms with E-state index < -0.39 is 6.03 Å². The molecule has 0 saturated heterocycles. The first-order valence-electron chi connectivity index (χ1n) is 7.04. The quantitative estimate of drug-likeness (QED) is 0.691. The predicted molar refractivity (Wildman–Crippen MR) is 87.0 cm³/mol. The van der Waals surface area contributed by atoms with Crippen molar-refractivity contribution in [2.24, 2.45) is 5.73 Å². The van der Waals surface area contributed by atoms with Gasteiger partial charge >= 0.3 is 6.03 Å². The third-order valence-corrected chi connectivity index (χ3v) is 3.32. The number of carbonyl (C=O) groups excluding carboxylic acids is 2. The van der Waals surface area contributed by atoms with Crippen LogP contribution in [0.5, 0.6) is 0 Å². The molecule has 0 saturated carbocycles. The minimum absolute atomic E-state index is 0.276. The molecule has 0 bridgehead atoms. The highest BCUT2D eigenvalue weighted by atomic mass is 16.3. The van der Waals surface area contributed by atoms with Gasteiger partial charge < -0.3 is 20.8 Å². The van der Waals surface area contributed by atoms with E-state index in [-0.39, 0.29) is 11.7 Å². The fourth-order valence-corrected chi connectivity index (χ4v) is 2.21. The second-order valence-electron chi connectivity index (χ2n) is 5.02. The topological polar surface area (TPSA) is 97.4 Å². The highest BCUT2D eigenvalue weighted by Gasteiger charge is 2.11. The predicted octanol–water partition coefficient (Wildman–Crippen LogP) is 2.85. The number of urea groups is 1. The van der Waals surface area contributed by atoms with Crippen molar-refractivity contribution in [2.75, 3.05) is 5.32 Å². The number of benzene rings is 2. The van der Waals surface area contributed by atoms with Gasteiger partial charge in [-0.25, -0.2) is 4.79 Å². The van der Waals surface area contributed by atoms with E-state index in [1.54, 1.807) is 30.3 Å². The number of carbonyl (C=O) groups is 2. The van der Waals surface area contributed by atoms with Gasteiger partial charge in [-0.3, -0.25) is 4.79 Å². The van der Waals surface area contributed by atoms with Crippen LogP contribution in [0.25, 0.3) is 11.0 Å². The lowest BCUT2D eigenvalue weighted by molar-refractivity contribution is 0.0925. The monoisotopic (exact) mass is 309 g/mol. The number of furan rings is 1. The van der Waals surface area contributed by atoms with Crippen LogP contribution < -0.4 is 16.4 Å². The summed E-state index contributed by atoms with van der Waals surface area (Å²) in [7, 11) is 0. The first kappa shape index (κ1) is 14.6. The van der Waals surface area contributed by atoms with E-state index in [4.69, 9.17) is 10.2 Å². The molecule has 2 aromatic carbocycles. The fraction of sp³-hybridized carbons (Fsp3) is 0.0588. The van der Waals surface area contributed by atoms with Gasteiger partial charge in [0, 0.05) is 17.6 Å². The zero-order valence-corrected chi connectivity index (χ0v) is 12.2. The van der Waals surface area contributed by atoms with Crippen LogP contribution in [-0.4, -0.2) is 11.9 Å². The van der Waals surface area contributed by atoms with Crippen molar-refractivity contribution >= 4 is 28.6 Å². The van der Waals surface area contributed by atoms with E-state index in [9.17, 15) is 9.59 Å². The van der Waals surface area contributed by atoms with Gasteiger partial charge in [0.15, 0.2) is 5.76 Å². The van der Waals surface area contributed by atoms with E-state index >= 15 is 0 Å². The molecule has 23 heavy (non-hydrogen) atoms. The molecule has 0 radical (unpaired) electrons. The second-order valence-corrected chi connectivity index (χ2v) is 5.02. The number of rotatable bonds is 4. The number of primary amides is 1. The maximum absolute atomic E-state index is 12.1. The van der Waals surface area contributed by atoms with E-state index in [1.165, 1.54) is 0 Å². The van der Waals surface area contributed by atoms with Crippen molar-refractivity contribution in [2.45, 2.75) is 6.54 Å². The smallest absolute Gasteiger partial charge is 0.316 e. The summed E-state index contributed by atoms with van der Waals surface area (Å²) in [5.41, 5.74) is 7.21. The van der Waals surface area contributed by atoms with Gasteiger partial charge in [-0.15, -0.1) is 0 Å². The number of hydrogen-bond donors (Lipinski definition) is 3. The van der Waals surface area contributed by atoms with Crippen molar-refractivity contribution in [3.8, 4) is 0 Å². The lowest BCUT2D eigenvalue weighted by Crippen LogP contribution is -2.22. The minimum Gasteiger partial charge on any atom is -0.451 e. The van der Waals surface area contributed by atoms with Crippen LogP contribution in [0.2, 0.25) is 0 Å². The summed E-state index contributed by atoms with van der Waals surface area (Å²) in [6.07, 6.45) is 0. The summed E-state index contributed by atoms with van der Waals surface area (Å²) in [6.45, 7) is 0.354. The van der Waals surface area contributed by atoms with Crippen molar-refractivity contribution < 1.29 is 14.0 Å². The Labute approximate surface area is 132 Å². The standard InChI is InChI=1S/C17H15N3O3/c18-17(22)20-13-7-5-11(6-8-13)10-19-16(21)15-9-12-3-1-2-4-14(12)23-15/h1-9H,10H2,(H,19,21)(H3,18,20,22). The summed E-state index contributed by atoms with van der Waals surface area (Å²) >= 11 is 0. The van der Waals surface area contributed by atoms with E-state index in [2.05, 4.69) is 10.6 Å². The molecule has 116 valence electrons.